The van der Waals surface area contributed by atoms with Gasteiger partial charge in [-0.05, 0) is 22.0 Å². The van der Waals surface area contributed by atoms with Crippen molar-refractivity contribution in [3.05, 3.63) is 16.4 Å². The van der Waals surface area contributed by atoms with Crippen LogP contribution in [0.25, 0.3) is 0 Å². The summed E-state index contributed by atoms with van der Waals surface area (Å²) < 4.78 is 0.566. The maximum absolute atomic E-state index is 11.1. The average molecular weight is 253 g/mol. The van der Waals surface area contributed by atoms with E-state index in [-0.39, 0.29) is 18.1 Å². The molecule has 6 heteroatoms. The van der Waals surface area contributed by atoms with Crippen molar-refractivity contribution in [1.29, 1.82) is 5.26 Å². The molecule has 2 heterocycles. The van der Waals surface area contributed by atoms with E-state index in [2.05, 4.69) is 31.5 Å². The van der Waals surface area contributed by atoms with Gasteiger partial charge in [0.05, 0.1) is 12.2 Å². The smallest absolute Gasteiger partial charge is 0.243 e. The number of nitriles is 1. The van der Waals surface area contributed by atoms with E-state index in [1.54, 1.807) is 6.07 Å². The predicted octanol–water partition coefficient (Wildman–Crippen LogP) is 1.08. The Balaban J connectivity index is 2.59. The molecule has 1 aromatic heterocycles. The monoisotopic (exact) mass is 252 g/mol. The highest BCUT2D eigenvalue weighted by atomic mass is 79.9. The third-order valence-corrected chi connectivity index (χ3v) is 2.20. The third-order valence-electron chi connectivity index (χ3n) is 1.80. The first-order valence-corrected chi connectivity index (χ1v) is 4.64. The molecule has 0 unspecified atom stereocenters. The van der Waals surface area contributed by atoms with Crippen molar-refractivity contribution in [3.63, 3.8) is 0 Å². The molecule has 1 amide bonds. The average Bonchev–Trinajstić information content (AvgIpc) is 2.17. The van der Waals surface area contributed by atoms with Gasteiger partial charge in [0.25, 0.3) is 0 Å². The number of amides is 1. The van der Waals surface area contributed by atoms with Gasteiger partial charge in [0.2, 0.25) is 5.91 Å². The molecule has 2 N–H and O–H groups in total. The van der Waals surface area contributed by atoms with Crippen LogP contribution in [0, 0.1) is 11.3 Å². The molecule has 1 aromatic rings. The second-order valence-electron chi connectivity index (χ2n) is 2.73. The molecule has 0 aliphatic carbocycles. The first-order chi connectivity index (χ1) is 6.70. The molecular formula is C8H5BrN4O. The van der Waals surface area contributed by atoms with Crippen LogP contribution in [-0.2, 0) is 4.79 Å². The Morgan fingerprint density at radius 1 is 1.64 bits per heavy atom. The highest BCUT2D eigenvalue weighted by Crippen LogP contribution is 2.29. The van der Waals surface area contributed by atoms with Crippen LogP contribution in [0.5, 0.6) is 0 Å². The maximum Gasteiger partial charge on any atom is 0.243 e. The van der Waals surface area contributed by atoms with Crippen molar-refractivity contribution >= 4 is 33.2 Å². The van der Waals surface area contributed by atoms with E-state index in [1.807, 2.05) is 6.07 Å². The summed E-state index contributed by atoms with van der Waals surface area (Å²) in [6.45, 7) is 0.217. The van der Waals surface area contributed by atoms with Crippen molar-refractivity contribution in [2.24, 2.45) is 0 Å². The van der Waals surface area contributed by atoms with Crippen LogP contribution in [-0.4, -0.2) is 17.4 Å². The summed E-state index contributed by atoms with van der Waals surface area (Å²) in [5.74, 6) is -0.168. The number of carbonyl (C=O) groups excluding carboxylic acids is 1. The van der Waals surface area contributed by atoms with Crippen molar-refractivity contribution in [3.8, 4) is 6.07 Å². The lowest BCUT2D eigenvalue weighted by atomic mass is 10.2. The van der Waals surface area contributed by atoms with Gasteiger partial charge in [-0.25, -0.2) is 4.98 Å². The summed E-state index contributed by atoms with van der Waals surface area (Å²) in [7, 11) is 0. The number of anilines is 2. The van der Waals surface area contributed by atoms with Crippen molar-refractivity contribution in [2.45, 2.75) is 0 Å². The second-order valence-corrected chi connectivity index (χ2v) is 3.54. The Bertz CT molecular complexity index is 451. The molecule has 0 saturated heterocycles. The fraction of sp³-hybridized carbons (Fsp3) is 0.125. The normalized spacial score (nSPS) is 13.6. The third kappa shape index (κ3) is 1.42. The van der Waals surface area contributed by atoms with Gasteiger partial charge in [0.15, 0.2) is 5.69 Å². The number of hydrogen-bond acceptors (Lipinski definition) is 4. The van der Waals surface area contributed by atoms with Crippen molar-refractivity contribution in [2.75, 3.05) is 17.2 Å². The molecule has 1 aliphatic heterocycles. The predicted molar refractivity (Wildman–Crippen MR) is 53.8 cm³/mol. The lowest BCUT2D eigenvalue weighted by Gasteiger charge is -2.19. The quantitative estimate of drug-likeness (QED) is 0.678. The van der Waals surface area contributed by atoms with Gasteiger partial charge >= 0.3 is 0 Å². The molecule has 0 aromatic carbocycles. The van der Waals surface area contributed by atoms with Crippen molar-refractivity contribution < 1.29 is 4.79 Å². The SMILES string of the molecule is N#Cc1nc(Br)cc2c1NC(=O)CN2. The van der Waals surface area contributed by atoms with E-state index in [9.17, 15) is 4.79 Å². The molecule has 1 aliphatic rings. The minimum Gasteiger partial charge on any atom is -0.374 e. The zero-order valence-corrected chi connectivity index (χ0v) is 8.55. The van der Waals surface area contributed by atoms with Crippen LogP contribution in [0.15, 0.2) is 10.7 Å². The molecule has 0 spiro atoms. The number of aromatic nitrogens is 1. The number of pyridine rings is 1. The van der Waals surface area contributed by atoms with Crippen LogP contribution in [0.1, 0.15) is 5.69 Å². The van der Waals surface area contributed by atoms with Gasteiger partial charge in [0.1, 0.15) is 16.4 Å². The molecule has 0 atom stereocenters. The Hall–Kier alpha value is -1.61. The second kappa shape index (κ2) is 3.27. The molecule has 2 rings (SSSR count). The van der Waals surface area contributed by atoms with Gasteiger partial charge in [-0.2, -0.15) is 5.26 Å². The van der Waals surface area contributed by atoms with Crippen LogP contribution in [0.3, 0.4) is 0 Å². The number of rotatable bonds is 0. The molecule has 5 nitrogen and oxygen atoms in total. The van der Waals surface area contributed by atoms with Gasteiger partial charge in [-0.1, -0.05) is 0 Å². The number of nitrogens with one attached hydrogen (secondary N) is 2. The fourth-order valence-electron chi connectivity index (χ4n) is 1.22. The summed E-state index contributed by atoms with van der Waals surface area (Å²) in [5, 5.41) is 14.3. The van der Waals surface area contributed by atoms with E-state index in [0.29, 0.717) is 16.0 Å². The zero-order valence-electron chi connectivity index (χ0n) is 6.97. The van der Waals surface area contributed by atoms with E-state index in [0.717, 1.165) is 0 Å². The van der Waals surface area contributed by atoms with E-state index >= 15 is 0 Å². The van der Waals surface area contributed by atoms with E-state index < -0.39 is 0 Å². The van der Waals surface area contributed by atoms with Gasteiger partial charge in [-0.15, -0.1) is 0 Å². The fourth-order valence-corrected chi connectivity index (χ4v) is 1.63. The van der Waals surface area contributed by atoms with Crippen LogP contribution in [0.2, 0.25) is 0 Å². The number of fused-ring (bicyclic) bond motifs is 1. The molecule has 14 heavy (non-hydrogen) atoms. The molecule has 70 valence electrons. The Morgan fingerprint density at radius 2 is 2.43 bits per heavy atom. The highest BCUT2D eigenvalue weighted by Gasteiger charge is 2.18. The maximum atomic E-state index is 11.1. The molecule has 0 fully saturated rings. The Morgan fingerprint density at radius 3 is 3.14 bits per heavy atom. The molecule has 0 bridgehead atoms. The summed E-state index contributed by atoms with van der Waals surface area (Å²) >= 11 is 3.18. The van der Waals surface area contributed by atoms with Crippen molar-refractivity contribution in [1.82, 2.24) is 4.98 Å². The molecule has 0 saturated carbocycles. The number of nitrogens with zero attached hydrogens (tertiary/aromatic N) is 2. The zero-order chi connectivity index (χ0) is 10.1. The van der Waals surface area contributed by atoms with Gasteiger partial charge < -0.3 is 10.6 Å². The molecule has 0 radical (unpaired) electrons. The number of carbonyl (C=O) groups is 1. The summed E-state index contributed by atoms with van der Waals surface area (Å²) in [5.41, 5.74) is 1.37. The Labute approximate surface area is 88.3 Å². The lowest BCUT2D eigenvalue weighted by molar-refractivity contribution is -0.114. The van der Waals surface area contributed by atoms with E-state index in [4.69, 9.17) is 5.26 Å². The van der Waals surface area contributed by atoms with Gasteiger partial charge in [0, 0.05) is 0 Å². The Kier molecular flexibility index (Phi) is 2.09. The number of hydrogen-bond donors (Lipinski definition) is 2. The van der Waals surface area contributed by atoms with E-state index in [1.165, 1.54) is 0 Å². The topological polar surface area (TPSA) is 77.8 Å². The minimum atomic E-state index is -0.168. The van der Waals surface area contributed by atoms with Crippen LogP contribution in [0.4, 0.5) is 11.4 Å². The summed E-state index contributed by atoms with van der Waals surface area (Å²) in [4.78, 5) is 15.0. The largest absolute Gasteiger partial charge is 0.374 e. The summed E-state index contributed by atoms with van der Waals surface area (Å²) in [6.07, 6.45) is 0. The minimum absolute atomic E-state index is 0.168. The van der Waals surface area contributed by atoms with Crippen LogP contribution < -0.4 is 10.6 Å². The first kappa shape index (κ1) is 8.97. The standard InChI is InChI=1S/C8H5BrN4O/c9-6-1-4-8(5(2-10)12-6)13-7(14)3-11-4/h1,11H,3H2,(H,13,14). The lowest BCUT2D eigenvalue weighted by Crippen LogP contribution is -2.28. The van der Waals surface area contributed by atoms with Crippen LogP contribution >= 0.6 is 15.9 Å². The molecular weight excluding hydrogens is 248 g/mol. The first-order valence-electron chi connectivity index (χ1n) is 3.85. The number of halogens is 1. The summed E-state index contributed by atoms with van der Waals surface area (Å²) in [6, 6.07) is 3.64. The van der Waals surface area contributed by atoms with Gasteiger partial charge in [-0.3, -0.25) is 4.79 Å². The highest BCUT2D eigenvalue weighted by molar-refractivity contribution is 9.10.